The number of rotatable bonds is 9. The molecular weight excluding hydrogens is 673 g/mol. The third-order valence-electron chi connectivity index (χ3n) is 8.49. The minimum absolute atomic E-state index is 0.101. The summed E-state index contributed by atoms with van der Waals surface area (Å²) in [6.45, 7) is 8.30. The van der Waals surface area contributed by atoms with Crippen molar-refractivity contribution in [2.45, 2.75) is 70.9 Å². The second kappa shape index (κ2) is 13.6. The Morgan fingerprint density at radius 2 is 1.82 bits per heavy atom. The van der Waals surface area contributed by atoms with Crippen molar-refractivity contribution >= 4 is 38.5 Å². The Morgan fingerprint density at radius 1 is 1.06 bits per heavy atom. The molecule has 2 aromatic carbocycles. The number of fused-ring (bicyclic) bond motifs is 1. The summed E-state index contributed by atoms with van der Waals surface area (Å²) < 4.78 is 81.8. The van der Waals surface area contributed by atoms with E-state index in [0.29, 0.717) is 47.0 Å². The zero-order valence-electron chi connectivity index (χ0n) is 28.2. The number of anilines is 2. The number of hydrogen-bond acceptors (Lipinski definition) is 9. The van der Waals surface area contributed by atoms with E-state index in [1.165, 1.54) is 6.07 Å². The number of pyridine rings is 1. The lowest BCUT2D eigenvalue weighted by Crippen LogP contribution is -2.47. The van der Waals surface area contributed by atoms with Gasteiger partial charge in [0.1, 0.15) is 17.2 Å². The van der Waals surface area contributed by atoms with Gasteiger partial charge in [0.15, 0.2) is 0 Å². The molecular formula is C35H39F3N6O5S. The molecule has 0 unspecified atom stereocenters. The van der Waals surface area contributed by atoms with Crippen molar-refractivity contribution in [3.8, 4) is 22.9 Å². The van der Waals surface area contributed by atoms with Gasteiger partial charge in [-0.05, 0) is 82.3 Å². The molecule has 50 heavy (non-hydrogen) atoms. The fourth-order valence-corrected chi connectivity index (χ4v) is 7.68. The number of likely N-dealkylation sites (tertiary alicyclic amines) is 1. The van der Waals surface area contributed by atoms with Crippen LogP contribution in [0.3, 0.4) is 0 Å². The molecule has 0 bridgehead atoms. The quantitative estimate of drug-likeness (QED) is 0.181. The summed E-state index contributed by atoms with van der Waals surface area (Å²) in [6, 6.07) is 11.0. The van der Waals surface area contributed by atoms with Crippen LogP contribution in [0.25, 0.3) is 22.0 Å². The van der Waals surface area contributed by atoms with Gasteiger partial charge < -0.3 is 19.7 Å². The molecule has 1 saturated heterocycles. The number of benzene rings is 2. The third-order valence-corrected chi connectivity index (χ3v) is 9.92. The van der Waals surface area contributed by atoms with E-state index in [9.17, 15) is 22.0 Å². The van der Waals surface area contributed by atoms with Crippen LogP contribution in [0.15, 0.2) is 54.9 Å². The van der Waals surface area contributed by atoms with Gasteiger partial charge >= 0.3 is 6.09 Å². The maximum atomic E-state index is 15.1. The van der Waals surface area contributed by atoms with Crippen LogP contribution >= 0.6 is 0 Å². The molecule has 15 heteroatoms. The van der Waals surface area contributed by atoms with Crippen molar-refractivity contribution in [1.82, 2.24) is 19.9 Å². The van der Waals surface area contributed by atoms with E-state index in [2.05, 4.69) is 20.0 Å². The van der Waals surface area contributed by atoms with Gasteiger partial charge in [-0.3, -0.25) is 4.72 Å². The fraction of sp³-hybridized carbons (Fsp3) is 0.429. The van der Waals surface area contributed by atoms with E-state index in [0.717, 1.165) is 18.9 Å². The summed E-state index contributed by atoms with van der Waals surface area (Å²) in [5.74, 6) is -4.07. The van der Waals surface area contributed by atoms with Gasteiger partial charge in [-0.15, -0.1) is 0 Å². The minimum atomic E-state index is -4.14. The molecule has 1 aliphatic carbocycles. The molecule has 1 saturated carbocycles. The van der Waals surface area contributed by atoms with Crippen LogP contribution in [0.4, 0.5) is 29.6 Å². The summed E-state index contributed by atoms with van der Waals surface area (Å²) in [4.78, 5) is 27.9. The lowest BCUT2D eigenvalue weighted by atomic mass is 9.83. The summed E-state index contributed by atoms with van der Waals surface area (Å²) in [7, 11) is -4.14. The van der Waals surface area contributed by atoms with Crippen molar-refractivity contribution in [2.75, 3.05) is 28.9 Å². The SMILES string of the molecule is Cc1ccc2c(NS(=O)(=O)CC3CC(F)(F)C3)c(F)ccc2c1Oc1ncccc1-c1ccnc(N[C@H]2CCCN(C(=O)OC(C)(C)C)C2)n1. The predicted molar refractivity (Wildman–Crippen MR) is 184 cm³/mol. The highest BCUT2D eigenvalue weighted by molar-refractivity contribution is 7.92. The minimum Gasteiger partial charge on any atom is -0.444 e. The van der Waals surface area contributed by atoms with Gasteiger partial charge in [-0.2, -0.15) is 0 Å². The summed E-state index contributed by atoms with van der Waals surface area (Å²) in [5.41, 5.74) is 0.819. The van der Waals surface area contributed by atoms with Crippen molar-refractivity contribution in [1.29, 1.82) is 0 Å². The highest BCUT2D eigenvalue weighted by Gasteiger charge is 2.46. The highest BCUT2D eigenvalue weighted by atomic mass is 32.2. The summed E-state index contributed by atoms with van der Waals surface area (Å²) >= 11 is 0. The Balaban J connectivity index is 1.24. The van der Waals surface area contributed by atoms with Crippen LogP contribution < -0.4 is 14.8 Å². The van der Waals surface area contributed by atoms with E-state index < -0.39 is 51.9 Å². The molecule has 2 N–H and O–H groups in total. The summed E-state index contributed by atoms with van der Waals surface area (Å²) in [6.07, 6.45) is 3.34. The third kappa shape index (κ3) is 8.20. The lowest BCUT2D eigenvalue weighted by molar-refractivity contribution is -0.103. The number of hydrogen-bond donors (Lipinski definition) is 2. The van der Waals surface area contributed by atoms with E-state index in [1.54, 1.807) is 54.5 Å². The van der Waals surface area contributed by atoms with Gasteiger partial charge in [-0.1, -0.05) is 12.1 Å². The van der Waals surface area contributed by atoms with E-state index in [4.69, 9.17) is 14.5 Å². The smallest absolute Gasteiger partial charge is 0.410 e. The lowest BCUT2D eigenvalue weighted by Gasteiger charge is -2.34. The Hall–Kier alpha value is -4.66. The first-order valence-electron chi connectivity index (χ1n) is 16.4. The maximum absolute atomic E-state index is 15.1. The predicted octanol–water partition coefficient (Wildman–Crippen LogP) is 7.53. The molecule has 3 heterocycles. The normalized spacial score (nSPS) is 18.0. The molecule has 11 nitrogen and oxygen atoms in total. The number of carbonyl (C=O) groups excluding carboxylic acids is 1. The number of halogens is 3. The standard InChI is InChI=1S/C35H39F3N6O5S/c1-21-9-10-24-25(11-12-27(36)29(24)43-50(46,47)20-22-17-35(37,38)18-22)30(21)48-31-26(8-5-14-39-31)28-13-15-40-32(42-28)41-23-7-6-16-44(19-23)33(45)49-34(2,3)4/h5,8-15,22-23,43H,6-7,16-20H2,1-4H3,(H,40,41,42)/t23-/m0/s1. The number of aromatic nitrogens is 3. The Kier molecular flexibility index (Phi) is 9.55. The number of aryl methyl sites for hydroxylation is 1. The number of piperidine rings is 1. The second-order valence-corrected chi connectivity index (χ2v) is 15.6. The Morgan fingerprint density at radius 3 is 2.56 bits per heavy atom. The molecule has 0 spiro atoms. The van der Waals surface area contributed by atoms with E-state index >= 15 is 4.39 Å². The first-order chi connectivity index (χ1) is 23.6. The van der Waals surface area contributed by atoms with Crippen molar-refractivity contribution in [2.24, 2.45) is 5.92 Å². The van der Waals surface area contributed by atoms with Crippen molar-refractivity contribution < 1.29 is 35.9 Å². The van der Waals surface area contributed by atoms with Crippen LogP contribution in [-0.2, 0) is 14.8 Å². The molecule has 1 atom stereocenters. The zero-order chi connectivity index (χ0) is 35.8. The average Bonchev–Trinajstić information content (AvgIpc) is 3.02. The first-order valence-corrected chi connectivity index (χ1v) is 18.0. The molecule has 1 amide bonds. The first kappa shape index (κ1) is 35.2. The van der Waals surface area contributed by atoms with E-state index in [1.807, 2.05) is 20.8 Å². The molecule has 0 radical (unpaired) electrons. The number of alkyl halides is 2. The van der Waals surface area contributed by atoms with E-state index in [-0.39, 0.29) is 29.1 Å². The Bertz CT molecular complexity index is 2020. The van der Waals surface area contributed by atoms with Crippen LogP contribution in [-0.4, -0.2) is 70.8 Å². The topological polar surface area (TPSA) is 136 Å². The zero-order valence-corrected chi connectivity index (χ0v) is 29.0. The van der Waals surface area contributed by atoms with Gasteiger partial charge in [0.05, 0.1) is 22.7 Å². The van der Waals surface area contributed by atoms with Crippen molar-refractivity contribution in [3.63, 3.8) is 0 Å². The maximum Gasteiger partial charge on any atom is 0.410 e. The number of ether oxygens (including phenoxy) is 2. The van der Waals surface area contributed by atoms with Gasteiger partial charge in [0.2, 0.25) is 27.8 Å². The van der Waals surface area contributed by atoms with Crippen molar-refractivity contribution in [3.05, 3.63) is 66.2 Å². The molecule has 4 aromatic rings. The fourth-order valence-electron chi connectivity index (χ4n) is 6.22. The number of sulfonamides is 1. The molecule has 2 aliphatic rings. The largest absolute Gasteiger partial charge is 0.444 e. The highest BCUT2D eigenvalue weighted by Crippen LogP contribution is 2.44. The summed E-state index contributed by atoms with van der Waals surface area (Å²) in [5, 5.41) is 3.97. The molecule has 266 valence electrons. The number of nitrogens with zero attached hydrogens (tertiary/aromatic N) is 4. The second-order valence-electron chi connectivity index (χ2n) is 13.9. The number of carbonyl (C=O) groups is 1. The molecule has 6 rings (SSSR count). The van der Waals surface area contributed by atoms with Gasteiger partial charge in [0, 0.05) is 55.1 Å². The molecule has 1 aliphatic heterocycles. The van der Waals surface area contributed by atoms with Crippen LogP contribution in [0.2, 0.25) is 0 Å². The molecule has 2 fully saturated rings. The van der Waals surface area contributed by atoms with Crippen LogP contribution in [0.1, 0.15) is 52.0 Å². The van der Waals surface area contributed by atoms with Crippen LogP contribution in [0.5, 0.6) is 11.6 Å². The molecule has 2 aromatic heterocycles. The Labute approximate surface area is 288 Å². The van der Waals surface area contributed by atoms with Crippen LogP contribution in [0, 0.1) is 18.7 Å². The number of amides is 1. The van der Waals surface area contributed by atoms with Gasteiger partial charge in [-0.25, -0.2) is 41.3 Å². The average molecular weight is 713 g/mol. The monoisotopic (exact) mass is 712 g/mol. The number of nitrogens with one attached hydrogen (secondary N) is 2. The van der Waals surface area contributed by atoms with Gasteiger partial charge in [0.25, 0.3) is 0 Å².